The molecule has 2 heterocycles. The molecule has 1 N–H and O–H groups in total. The largest absolute Gasteiger partial charge is 0.495 e. The van der Waals surface area contributed by atoms with Gasteiger partial charge in [-0.05, 0) is 31.2 Å². The Balaban J connectivity index is 1.30. The number of nitrogens with zero attached hydrogens (tertiary/aromatic N) is 2. The van der Waals surface area contributed by atoms with Gasteiger partial charge in [0.1, 0.15) is 16.9 Å². The number of piperazine rings is 1. The van der Waals surface area contributed by atoms with Crippen molar-refractivity contribution < 1.29 is 13.9 Å². The summed E-state index contributed by atoms with van der Waals surface area (Å²) in [6.45, 7) is 5.43. The van der Waals surface area contributed by atoms with Crippen LogP contribution in [0.3, 0.4) is 0 Å². The Kier molecular flexibility index (Phi) is 5.45. The van der Waals surface area contributed by atoms with Crippen LogP contribution < -0.4 is 15.0 Å². The Morgan fingerprint density at radius 3 is 2.41 bits per heavy atom. The first kappa shape index (κ1) is 20.4. The number of carbonyl (C=O) groups excluding carboxylic acids is 1. The van der Waals surface area contributed by atoms with Crippen molar-refractivity contribution in [3.8, 4) is 5.75 Å². The molecule has 0 radical (unpaired) electrons. The lowest BCUT2D eigenvalue weighted by molar-refractivity contribution is -0.120. The van der Waals surface area contributed by atoms with Crippen LogP contribution in [-0.4, -0.2) is 50.1 Å². The molecule has 32 heavy (non-hydrogen) atoms. The molecule has 3 aromatic carbocycles. The standard InChI is InChI=1S/C26H27N3O3/c1-18(28-12-14-29(15-13-28)19-8-4-3-5-9-19)26(30)27-22-17-24-21(16-25(22)31-2)20-10-6-7-11-23(20)32-24/h3-11,16-18H,12-15H2,1-2H3,(H,27,30). The second kappa shape index (κ2) is 8.55. The number of furan rings is 1. The van der Waals surface area contributed by atoms with E-state index in [4.69, 9.17) is 9.15 Å². The normalized spacial score (nSPS) is 15.8. The Labute approximate surface area is 187 Å². The molecule has 6 heteroatoms. The maximum atomic E-state index is 13.1. The average Bonchev–Trinajstić information content (AvgIpc) is 3.21. The zero-order valence-electron chi connectivity index (χ0n) is 18.4. The second-order valence-corrected chi connectivity index (χ2v) is 8.17. The van der Waals surface area contributed by atoms with E-state index in [0.29, 0.717) is 11.4 Å². The minimum Gasteiger partial charge on any atom is -0.495 e. The number of hydrogen-bond acceptors (Lipinski definition) is 5. The highest BCUT2D eigenvalue weighted by Gasteiger charge is 2.26. The van der Waals surface area contributed by atoms with Gasteiger partial charge in [-0.2, -0.15) is 0 Å². The zero-order chi connectivity index (χ0) is 22.1. The van der Waals surface area contributed by atoms with Gasteiger partial charge in [0.25, 0.3) is 0 Å². The molecule has 5 rings (SSSR count). The maximum Gasteiger partial charge on any atom is 0.241 e. The van der Waals surface area contributed by atoms with E-state index < -0.39 is 0 Å². The minimum absolute atomic E-state index is 0.0491. The average molecular weight is 430 g/mol. The van der Waals surface area contributed by atoms with E-state index in [0.717, 1.165) is 48.1 Å². The van der Waals surface area contributed by atoms with Crippen LogP contribution in [0.4, 0.5) is 11.4 Å². The van der Waals surface area contributed by atoms with Gasteiger partial charge in [0.05, 0.1) is 18.8 Å². The molecular formula is C26H27N3O3. The molecule has 4 aromatic rings. The molecule has 1 aliphatic heterocycles. The van der Waals surface area contributed by atoms with Crippen LogP contribution in [0.25, 0.3) is 21.9 Å². The molecule has 0 saturated carbocycles. The molecular weight excluding hydrogens is 402 g/mol. The Morgan fingerprint density at radius 1 is 0.938 bits per heavy atom. The summed E-state index contributed by atoms with van der Waals surface area (Å²) in [6, 6.07) is 21.8. The first-order valence-electron chi connectivity index (χ1n) is 11.0. The van der Waals surface area contributed by atoms with E-state index in [9.17, 15) is 4.79 Å². The maximum absolute atomic E-state index is 13.1. The number of hydrogen-bond donors (Lipinski definition) is 1. The van der Waals surface area contributed by atoms with Crippen molar-refractivity contribution in [1.29, 1.82) is 0 Å². The predicted molar refractivity (Wildman–Crippen MR) is 129 cm³/mol. The Hall–Kier alpha value is -3.51. The topological polar surface area (TPSA) is 58.0 Å². The summed E-state index contributed by atoms with van der Waals surface area (Å²) in [6.07, 6.45) is 0. The SMILES string of the molecule is COc1cc2c(cc1NC(=O)C(C)N1CCN(c3ccccc3)CC1)oc1ccccc12. The van der Waals surface area contributed by atoms with Gasteiger partial charge in [-0.3, -0.25) is 9.69 Å². The summed E-state index contributed by atoms with van der Waals surface area (Å²) >= 11 is 0. The molecule has 1 saturated heterocycles. The first-order chi connectivity index (χ1) is 15.6. The van der Waals surface area contributed by atoms with Crippen LogP contribution in [0, 0.1) is 0 Å². The number of amides is 1. The number of rotatable bonds is 5. The number of carbonyl (C=O) groups is 1. The van der Waals surface area contributed by atoms with Gasteiger partial charge in [-0.25, -0.2) is 0 Å². The van der Waals surface area contributed by atoms with Crippen molar-refractivity contribution in [3.63, 3.8) is 0 Å². The van der Waals surface area contributed by atoms with E-state index in [1.807, 2.05) is 49.4 Å². The second-order valence-electron chi connectivity index (χ2n) is 8.17. The fourth-order valence-electron chi connectivity index (χ4n) is 4.43. The first-order valence-corrected chi connectivity index (χ1v) is 11.0. The van der Waals surface area contributed by atoms with E-state index in [-0.39, 0.29) is 11.9 Å². The van der Waals surface area contributed by atoms with Gasteiger partial charge >= 0.3 is 0 Å². The summed E-state index contributed by atoms with van der Waals surface area (Å²) in [4.78, 5) is 17.7. The molecule has 0 spiro atoms. The van der Waals surface area contributed by atoms with Crippen molar-refractivity contribution in [1.82, 2.24) is 4.90 Å². The van der Waals surface area contributed by atoms with E-state index in [2.05, 4.69) is 39.4 Å². The number of benzene rings is 3. The van der Waals surface area contributed by atoms with Crippen LogP contribution in [0.1, 0.15) is 6.92 Å². The fourth-order valence-corrected chi connectivity index (χ4v) is 4.43. The number of anilines is 2. The van der Waals surface area contributed by atoms with Gasteiger partial charge in [0, 0.05) is 48.7 Å². The zero-order valence-corrected chi connectivity index (χ0v) is 18.4. The van der Waals surface area contributed by atoms with Crippen molar-refractivity contribution in [3.05, 3.63) is 66.7 Å². The molecule has 164 valence electrons. The third-order valence-corrected chi connectivity index (χ3v) is 6.32. The van der Waals surface area contributed by atoms with Crippen molar-refractivity contribution in [2.75, 3.05) is 43.5 Å². The molecule has 1 unspecified atom stereocenters. The van der Waals surface area contributed by atoms with E-state index in [1.54, 1.807) is 7.11 Å². The molecule has 0 aliphatic carbocycles. The van der Waals surface area contributed by atoms with Crippen LogP contribution in [-0.2, 0) is 4.79 Å². The number of para-hydroxylation sites is 2. The summed E-state index contributed by atoms with van der Waals surface area (Å²) in [5.41, 5.74) is 3.40. The minimum atomic E-state index is -0.246. The molecule has 6 nitrogen and oxygen atoms in total. The van der Waals surface area contributed by atoms with Crippen molar-refractivity contribution in [2.24, 2.45) is 0 Å². The molecule has 1 aromatic heterocycles. The van der Waals surface area contributed by atoms with Gasteiger partial charge in [0.2, 0.25) is 5.91 Å². The highest BCUT2D eigenvalue weighted by Crippen LogP contribution is 2.36. The number of methoxy groups -OCH3 is 1. The summed E-state index contributed by atoms with van der Waals surface area (Å²) in [7, 11) is 1.62. The Bertz CT molecular complexity index is 1240. The lowest BCUT2D eigenvalue weighted by Gasteiger charge is -2.38. The van der Waals surface area contributed by atoms with Gasteiger partial charge in [0.15, 0.2) is 0 Å². The fraction of sp³-hybridized carbons (Fsp3) is 0.269. The summed E-state index contributed by atoms with van der Waals surface area (Å²) < 4.78 is 11.6. The van der Waals surface area contributed by atoms with Crippen LogP contribution in [0.15, 0.2) is 71.1 Å². The van der Waals surface area contributed by atoms with E-state index >= 15 is 0 Å². The molecule has 1 amide bonds. The third kappa shape index (κ3) is 3.78. The van der Waals surface area contributed by atoms with Crippen molar-refractivity contribution >= 4 is 39.2 Å². The molecule has 1 atom stereocenters. The van der Waals surface area contributed by atoms with Gasteiger partial charge in [-0.15, -0.1) is 0 Å². The van der Waals surface area contributed by atoms with E-state index in [1.165, 1.54) is 5.69 Å². The monoisotopic (exact) mass is 429 g/mol. The number of nitrogens with one attached hydrogen (secondary N) is 1. The quantitative estimate of drug-likeness (QED) is 0.496. The molecule has 0 bridgehead atoms. The van der Waals surface area contributed by atoms with Crippen LogP contribution in [0.5, 0.6) is 5.75 Å². The van der Waals surface area contributed by atoms with Crippen LogP contribution >= 0.6 is 0 Å². The van der Waals surface area contributed by atoms with Gasteiger partial charge < -0.3 is 19.4 Å². The molecule has 1 aliphatic rings. The summed E-state index contributed by atoms with van der Waals surface area (Å²) in [5.74, 6) is 0.574. The Morgan fingerprint density at radius 2 is 1.66 bits per heavy atom. The highest BCUT2D eigenvalue weighted by atomic mass is 16.5. The predicted octanol–water partition coefficient (Wildman–Crippen LogP) is 4.74. The lowest BCUT2D eigenvalue weighted by Crippen LogP contribution is -2.52. The molecule has 1 fully saturated rings. The highest BCUT2D eigenvalue weighted by molar-refractivity contribution is 6.08. The number of fused-ring (bicyclic) bond motifs is 3. The third-order valence-electron chi connectivity index (χ3n) is 6.32. The summed E-state index contributed by atoms with van der Waals surface area (Å²) in [5, 5.41) is 5.06. The van der Waals surface area contributed by atoms with Crippen molar-refractivity contribution in [2.45, 2.75) is 13.0 Å². The smallest absolute Gasteiger partial charge is 0.241 e. The lowest BCUT2D eigenvalue weighted by atomic mass is 10.1. The van der Waals surface area contributed by atoms with Gasteiger partial charge in [-0.1, -0.05) is 36.4 Å². The van der Waals surface area contributed by atoms with Crippen LogP contribution in [0.2, 0.25) is 0 Å². The number of ether oxygens (including phenoxy) is 1.